The van der Waals surface area contributed by atoms with Crippen molar-refractivity contribution in [2.24, 2.45) is 0 Å². The second-order valence-corrected chi connectivity index (χ2v) is 10.1. The number of nitriles is 2. The van der Waals surface area contributed by atoms with E-state index in [1.54, 1.807) is 4.31 Å². The summed E-state index contributed by atoms with van der Waals surface area (Å²) in [6.07, 6.45) is 16.7. The molecular weight excluding hydrogens is 382 g/mol. The Morgan fingerprint density at radius 1 is 0.621 bits per heavy atom. The molecule has 6 heteroatoms. The van der Waals surface area contributed by atoms with E-state index in [4.69, 9.17) is 10.5 Å². The minimum atomic E-state index is -3.14. The van der Waals surface area contributed by atoms with E-state index < -0.39 is 10.0 Å². The first-order chi connectivity index (χ1) is 14.1. The average molecular weight is 426 g/mol. The molecule has 5 nitrogen and oxygen atoms in total. The molecule has 0 spiro atoms. The third kappa shape index (κ3) is 17.5. The maximum atomic E-state index is 12.7. The van der Waals surface area contributed by atoms with Gasteiger partial charge in [0.1, 0.15) is 0 Å². The van der Waals surface area contributed by atoms with Crippen molar-refractivity contribution in [1.29, 1.82) is 10.5 Å². The first-order valence-electron chi connectivity index (χ1n) is 11.8. The predicted molar refractivity (Wildman–Crippen MR) is 121 cm³/mol. The first-order valence-corrected chi connectivity index (χ1v) is 13.4. The van der Waals surface area contributed by atoms with Gasteiger partial charge in [-0.15, -0.1) is 0 Å². The Bertz CT molecular complexity index is 519. The molecule has 0 saturated heterocycles. The van der Waals surface area contributed by atoms with Crippen LogP contribution in [0.2, 0.25) is 0 Å². The molecule has 0 bridgehead atoms. The molecule has 0 aliphatic carbocycles. The number of hydrogen-bond acceptors (Lipinski definition) is 4. The van der Waals surface area contributed by atoms with E-state index in [0.29, 0.717) is 25.9 Å². The molecule has 0 aromatic rings. The smallest absolute Gasteiger partial charge is 0.212 e. The fourth-order valence-corrected chi connectivity index (χ4v) is 5.09. The van der Waals surface area contributed by atoms with Gasteiger partial charge in [-0.2, -0.15) is 10.5 Å². The first kappa shape index (κ1) is 27.9. The Morgan fingerprint density at radius 2 is 1.03 bits per heavy atom. The maximum absolute atomic E-state index is 12.7. The SMILES string of the molecule is CCCCCS(=O)(=O)N(CCCCCCCCC#N)CCCCCCCCC#N. The van der Waals surface area contributed by atoms with E-state index >= 15 is 0 Å². The molecule has 0 aromatic carbocycles. The summed E-state index contributed by atoms with van der Waals surface area (Å²) in [6.45, 7) is 3.39. The molecule has 0 fully saturated rings. The van der Waals surface area contributed by atoms with Gasteiger partial charge < -0.3 is 0 Å². The molecule has 0 unspecified atom stereocenters. The molecule has 0 amide bonds. The number of sulfonamides is 1. The van der Waals surface area contributed by atoms with E-state index in [2.05, 4.69) is 19.1 Å². The Balaban J connectivity index is 4.19. The molecule has 29 heavy (non-hydrogen) atoms. The summed E-state index contributed by atoms with van der Waals surface area (Å²) in [7, 11) is -3.14. The van der Waals surface area contributed by atoms with Gasteiger partial charge in [0.05, 0.1) is 17.9 Å². The lowest BCUT2D eigenvalue weighted by atomic mass is 10.1. The van der Waals surface area contributed by atoms with Crippen LogP contribution in [0.4, 0.5) is 0 Å². The van der Waals surface area contributed by atoms with E-state index in [1.807, 2.05) is 0 Å². The van der Waals surface area contributed by atoms with Crippen molar-refractivity contribution in [2.45, 2.75) is 116 Å². The molecule has 168 valence electrons. The number of unbranched alkanes of at least 4 members (excludes halogenated alkanes) is 14. The molecule has 0 heterocycles. The minimum Gasteiger partial charge on any atom is -0.212 e. The van der Waals surface area contributed by atoms with E-state index in [0.717, 1.165) is 96.3 Å². The largest absolute Gasteiger partial charge is 0.214 e. The molecule has 0 radical (unpaired) electrons. The predicted octanol–water partition coefficient (Wildman–Crippen LogP) is 6.32. The van der Waals surface area contributed by atoms with Gasteiger partial charge in [0.25, 0.3) is 0 Å². The standard InChI is InChI=1S/C23H43N3O2S/c1-2-3-18-23-29(27,28)26(21-16-12-8-4-6-10-14-19-24)22-17-13-9-5-7-11-15-20-25/h2-18,21-23H2,1H3. The summed E-state index contributed by atoms with van der Waals surface area (Å²) >= 11 is 0. The van der Waals surface area contributed by atoms with Gasteiger partial charge in [0, 0.05) is 25.9 Å². The zero-order chi connectivity index (χ0) is 21.6. The highest BCUT2D eigenvalue weighted by atomic mass is 32.2. The second kappa shape index (κ2) is 20.2. The van der Waals surface area contributed by atoms with E-state index in [1.165, 1.54) is 0 Å². The minimum absolute atomic E-state index is 0.281. The highest BCUT2D eigenvalue weighted by molar-refractivity contribution is 7.89. The lowest BCUT2D eigenvalue weighted by Crippen LogP contribution is -2.35. The third-order valence-corrected chi connectivity index (χ3v) is 7.25. The number of hydrogen-bond donors (Lipinski definition) is 0. The molecule has 0 rings (SSSR count). The van der Waals surface area contributed by atoms with Crippen molar-refractivity contribution < 1.29 is 8.42 Å². The van der Waals surface area contributed by atoms with Gasteiger partial charge in [-0.3, -0.25) is 0 Å². The van der Waals surface area contributed by atoms with E-state index in [9.17, 15) is 8.42 Å². The molecule has 0 atom stereocenters. The van der Waals surface area contributed by atoms with Gasteiger partial charge in [-0.05, 0) is 32.1 Å². The highest BCUT2D eigenvalue weighted by Gasteiger charge is 2.20. The van der Waals surface area contributed by atoms with Crippen LogP contribution in [0, 0.1) is 22.7 Å². The van der Waals surface area contributed by atoms with Gasteiger partial charge in [0.2, 0.25) is 10.0 Å². The van der Waals surface area contributed by atoms with Crippen LogP contribution in [0.15, 0.2) is 0 Å². The Kier molecular flexibility index (Phi) is 19.4. The summed E-state index contributed by atoms with van der Waals surface area (Å²) in [4.78, 5) is 0. The van der Waals surface area contributed by atoms with Crippen LogP contribution in [0.3, 0.4) is 0 Å². The summed E-state index contributed by atoms with van der Waals surface area (Å²) in [5.41, 5.74) is 0. The molecule has 0 aromatic heterocycles. The molecule has 0 saturated carbocycles. The van der Waals surface area contributed by atoms with Gasteiger partial charge in [-0.25, -0.2) is 12.7 Å². The Labute approximate surface area is 180 Å². The van der Waals surface area contributed by atoms with Crippen LogP contribution in [0.5, 0.6) is 0 Å². The van der Waals surface area contributed by atoms with Crippen LogP contribution in [0.25, 0.3) is 0 Å². The van der Waals surface area contributed by atoms with Crippen LogP contribution >= 0.6 is 0 Å². The van der Waals surface area contributed by atoms with Crippen molar-refractivity contribution in [3.8, 4) is 12.1 Å². The lowest BCUT2D eigenvalue weighted by molar-refractivity contribution is 0.382. The van der Waals surface area contributed by atoms with Crippen molar-refractivity contribution in [2.75, 3.05) is 18.8 Å². The second-order valence-electron chi connectivity index (χ2n) is 7.98. The fraction of sp³-hybridized carbons (Fsp3) is 0.913. The zero-order valence-corrected chi connectivity index (χ0v) is 19.5. The summed E-state index contributed by atoms with van der Waals surface area (Å²) in [5.74, 6) is 0.281. The fourth-order valence-electron chi connectivity index (χ4n) is 3.45. The quantitative estimate of drug-likeness (QED) is 0.201. The lowest BCUT2D eigenvalue weighted by Gasteiger charge is -2.22. The van der Waals surface area contributed by atoms with Crippen LogP contribution < -0.4 is 0 Å². The number of rotatable bonds is 21. The average Bonchev–Trinajstić information content (AvgIpc) is 2.70. The zero-order valence-electron chi connectivity index (χ0n) is 18.7. The molecule has 0 aliphatic rings. The van der Waals surface area contributed by atoms with Gasteiger partial charge in [0.15, 0.2) is 0 Å². The maximum Gasteiger partial charge on any atom is 0.214 e. The summed E-state index contributed by atoms with van der Waals surface area (Å²) < 4.78 is 27.2. The van der Waals surface area contributed by atoms with Gasteiger partial charge in [-0.1, -0.05) is 71.1 Å². The van der Waals surface area contributed by atoms with Crippen molar-refractivity contribution >= 4 is 10.0 Å². The van der Waals surface area contributed by atoms with Crippen molar-refractivity contribution in [3.63, 3.8) is 0 Å². The summed E-state index contributed by atoms with van der Waals surface area (Å²) in [5, 5.41) is 17.1. The van der Waals surface area contributed by atoms with Crippen LogP contribution in [0.1, 0.15) is 116 Å². The molecule has 0 N–H and O–H groups in total. The van der Waals surface area contributed by atoms with Crippen LogP contribution in [-0.2, 0) is 10.0 Å². The van der Waals surface area contributed by atoms with Gasteiger partial charge >= 0.3 is 0 Å². The highest BCUT2D eigenvalue weighted by Crippen LogP contribution is 2.14. The van der Waals surface area contributed by atoms with E-state index in [-0.39, 0.29) is 5.75 Å². The number of nitrogens with zero attached hydrogens (tertiary/aromatic N) is 3. The summed E-state index contributed by atoms with van der Waals surface area (Å²) in [6, 6.07) is 4.35. The Morgan fingerprint density at radius 3 is 1.45 bits per heavy atom. The molecular formula is C23H43N3O2S. The topological polar surface area (TPSA) is 85.0 Å². The van der Waals surface area contributed by atoms with Crippen LogP contribution in [-0.4, -0.2) is 31.6 Å². The normalized spacial score (nSPS) is 11.4. The molecule has 0 aliphatic heterocycles. The Hall–Kier alpha value is -1.11. The van der Waals surface area contributed by atoms with Crippen molar-refractivity contribution in [1.82, 2.24) is 4.31 Å². The van der Waals surface area contributed by atoms with Crippen molar-refractivity contribution in [3.05, 3.63) is 0 Å². The monoisotopic (exact) mass is 425 g/mol. The third-order valence-electron chi connectivity index (χ3n) is 5.29.